The summed E-state index contributed by atoms with van der Waals surface area (Å²) in [6.45, 7) is 2.51. The summed E-state index contributed by atoms with van der Waals surface area (Å²) in [5, 5.41) is 0. The lowest BCUT2D eigenvalue weighted by molar-refractivity contribution is -0.131. The molecule has 0 radical (unpaired) electrons. The average Bonchev–Trinajstić information content (AvgIpc) is 2.98. The summed E-state index contributed by atoms with van der Waals surface area (Å²) in [6.07, 6.45) is 2.76. The van der Waals surface area contributed by atoms with Crippen LogP contribution in [-0.2, 0) is 21.4 Å². The molecule has 1 amide bonds. The van der Waals surface area contributed by atoms with Gasteiger partial charge in [-0.25, -0.2) is 8.42 Å². The molecule has 0 saturated heterocycles. The van der Waals surface area contributed by atoms with Gasteiger partial charge in [0.05, 0.1) is 17.4 Å². The highest BCUT2D eigenvalue weighted by molar-refractivity contribution is 7.89. The van der Waals surface area contributed by atoms with Crippen molar-refractivity contribution in [2.24, 2.45) is 0 Å². The van der Waals surface area contributed by atoms with Crippen LogP contribution < -0.4 is 0 Å². The highest BCUT2D eigenvalue weighted by atomic mass is 35.5. The quantitative estimate of drug-likeness (QED) is 0.731. The SMILES string of the molecule is CCN(Cc1ccc(Cl)s1)C(=O)CN(C)S(=O)(=O)c1cccnc1. The first kappa shape index (κ1) is 18.9. The number of carbonyl (C=O) groups is 1. The van der Waals surface area contributed by atoms with Gasteiger partial charge in [0, 0.05) is 30.9 Å². The van der Waals surface area contributed by atoms with Crippen molar-refractivity contribution >= 4 is 38.9 Å². The molecule has 24 heavy (non-hydrogen) atoms. The molecule has 2 aromatic rings. The fraction of sp³-hybridized carbons (Fsp3) is 0.333. The van der Waals surface area contributed by atoms with Crippen LogP contribution in [0.1, 0.15) is 11.8 Å². The standard InChI is InChI=1S/C15H18ClN3O3S2/c1-3-19(10-12-6-7-14(16)23-12)15(20)11-18(2)24(21,22)13-5-4-8-17-9-13/h4-9H,3,10-11H2,1-2H3. The Morgan fingerprint density at radius 3 is 2.62 bits per heavy atom. The highest BCUT2D eigenvalue weighted by Crippen LogP contribution is 2.23. The zero-order chi connectivity index (χ0) is 17.7. The molecule has 6 nitrogen and oxygen atoms in total. The van der Waals surface area contributed by atoms with Gasteiger partial charge in [-0.15, -0.1) is 11.3 Å². The second-order valence-corrected chi connectivity index (χ2v) is 8.91. The molecule has 0 aliphatic carbocycles. The lowest BCUT2D eigenvalue weighted by atomic mass is 10.4. The second-order valence-electron chi connectivity index (χ2n) is 5.06. The molecule has 130 valence electrons. The Morgan fingerprint density at radius 2 is 2.08 bits per heavy atom. The summed E-state index contributed by atoms with van der Waals surface area (Å²) in [7, 11) is -2.35. The maximum absolute atomic E-state index is 12.4. The van der Waals surface area contributed by atoms with Crippen molar-refractivity contribution in [3.63, 3.8) is 0 Å². The Bertz CT molecular complexity index is 793. The molecular weight excluding hydrogens is 370 g/mol. The number of rotatable bonds is 7. The molecule has 0 aliphatic heterocycles. The van der Waals surface area contributed by atoms with E-state index in [2.05, 4.69) is 4.98 Å². The van der Waals surface area contributed by atoms with Crippen LogP contribution in [0, 0.1) is 0 Å². The van der Waals surface area contributed by atoms with Crippen molar-refractivity contribution in [1.29, 1.82) is 0 Å². The number of likely N-dealkylation sites (N-methyl/N-ethyl adjacent to an activating group) is 2. The van der Waals surface area contributed by atoms with Crippen molar-refractivity contribution in [2.45, 2.75) is 18.4 Å². The summed E-state index contributed by atoms with van der Waals surface area (Å²) in [5.74, 6) is -0.267. The number of nitrogens with zero attached hydrogens (tertiary/aromatic N) is 3. The Balaban J connectivity index is 2.06. The molecule has 2 heterocycles. The minimum absolute atomic E-state index is 0.0633. The van der Waals surface area contributed by atoms with E-state index in [-0.39, 0.29) is 17.3 Å². The van der Waals surface area contributed by atoms with E-state index in [1.807, 2.05) is 13.0 Å². The summed E-state index contributed by atoms with van der Waals surface area (Å²) >= 11 is 7.30. The molecule has 9 heteroatoms. The van der Waals surface area contributed by atoms with Crippen LogP contribution in [0.4, 0.5) is 0 Å². The first-order valence-corrected chi connectivity index (χ1v) is 9.86. The zero-order valence-corrected chi connectivity index (χ0v) is 15.7. The fourth-order valence-electron chi connectivity index (χ4n) is 2.06. The maximum Gasteiger partial charge on any atom is 0.244 e. The monoisotopic (exact) mass is 387 g/mol. The van der Waals surface area contributed by atoms with E-state index in [4.69, 9.17) is 11.6 Å². The van der Waals surface area contributed by atoms with Crippen LogP contribution in [0.15, 0.2) is 41.6 Å². The van der Waals surface area contributed by atoms with Crippen LogP contribution in [0.3, 0.4) is 0 Å². The van der Waals surface area contributed by atoms with Gasteiger partial charge in [-0.05, 0) is 31.2 Å². The number of thiophene rings is 1. The lowest BCUT2D eigenvalue weighted by Crippen LogP contribution is -2.40. The predicted molar refractivity (Wildman–Crippen MR) is 94.5 cm³/mol. The van der Waals surface area contributed by atoms with Crippen molar-refractivity contribution in [3.8, 4) is 0 Å². The number of amides is 1. The molecule has 0 unspecified atom stereocenters. The van der Waals surface area contributed by atoms with Crippen LogP contribution in [0.25, 0.3) is 0 Å². The average molecular weight is 388 g/mol. The Kier molecular flexibility index (Phi) is 6.34. The Morgan fingerprint density at radius 1 is 1.33 bits per heavy atom. The third-order valence-electron chi connectivity index (χ3n) is 3.41. The molecule has 0 N–H and O–H groups in total. The number of hydrogen-bond acceptors (Lipinski definition) is 5. The van der Waals surface area contributed by atoms with Crippen molar-refractivity contribution in [1.82, 2.24) is 14.2 Å². The van der Waals surface area contributed by atoms with Crippen LogP contribution in [-0.4, -0.2) is 48.7 Å². The molecule has 0 atom stereocenters. The third kappa shape index (κ3) is 4.54. The number of hydrogen-bond donors (Lipinski definition) is 0. The largest absolute Gasteiger partial charge is 0.337 e. The number of sulfonamides is 1. The predicted octanol–water partition coefficient (Wildman–Crippen LogP) is 2.47. The first-order valence-electron chi connectivity index (χ1n) is 7.23. The van der Waals surface area contributed by atoms with Gasteiger partial charge in [0.1, 0.15) is 4.90 Å². The van der Waals surface area contributed by atoms with Crippen molar-refractivity contribution < 1.29 is 13.2 Å². The number of carbonyl (C=O) groups excluding carboxylic acids is 1. The number of halogens is 1. The molecular formula is C15H18ClN3O3S2. The smallest absolute Gasteiger partial charge is 0.244 e. The van der Waals surface area contributed by atoms with E-state index in [1.165, 1.54) is 36.8 Å². The van der Waals surface area contributed by atoms with Gasteiger partial charge in [0.15, 0.2) is 0 Å². The molecule has 0 fully saturated rings. The Labute approximate surface area is 150 Å². The van der Waals surface area contributed by atoms with Gasteiger partial charge in [0.25, 0.3) is 0 Å². The van der Waals surface area contributed by atoms with E-state index in [0.717, 1.165) is 9.18 Å². The van der Waals surface area contributed by atoms with Crippen LogP contribution in [0.2, 0.25) is 4.34 Å². The molecule has 2 aromatic heterocycles. The number of aromatic nitrogens is 1. The topological polar surface area (TPSA) is 70.6 Å². The molecule has 0 aliphatic rings. The van der Waals surface area contributed by atoms with Crippen molar-refractivity contribution in [3.05, 3.63) is 45.9 Å². The normalized spacial score (nSPS) is 11.7. The zero-order valence-electron chi connectivity index (χ0n) is 13.3. The second kappa shape index (κ2) is 8.06. The number of pyridine rings is 1. The minimum atomic E-state index is -3.74. The van der Waals surface area contributed by atoms with Gasteiger partial charge in [-0.1, -0.05) is 11.6 Å². The molecule has 0 aromatic carbocycles. The van der Waals surface area contributed by atoms with E-state index in [9.17, 15) is 13.2 Å². The summed E-state index contributed by atoms with van der Waals surface area (Å²) < 4.78 is 26.6. The lowest BCUT2D eigenvalue weighted by Gasteiger charge is -2.23. The van der Waals surface area contributed by atoms with E-state index in [1.54, 1.807) is 17.0 Å². The third-order valence-corrected chi connectivity index (χ3v) is 6.41. The van der Waals surface area contributed by atoms with E-state index in [0.29, 0.717) is 17.4 Å². The molecule has 0 spiro atoms. The summed E-state index contributed by atoms with van der Waals surface area (Å²) in [5.41, 5.74) is 0. The fourth-order valence-corrected chi connectivity index (χ4v) is 4.24. The van der Waals surface area contributed by atoms with E-state index < -0.39 is 10.0 Å². The van der Waals surface area contributed by atoms with E-state index >= 15 is 0 Å². The molecule has 0 bridgehead atoms. The van der Waals surface area contributed by atoms with Crippen LogP contribution in [0.5, 0.6) is 0 Å². The van der Waals surface area contributed by atoms with Crippen molar-refractivity contribution in [2.75, 3.05) is 20.1 Å². The van der Waals surface area contributed by atoms with Gasteiger partial charge < -0.3 is 4.90 Å². The Hall–Kier alpha value is -1.48. The summed E-state index contributed by atoms with van der Waals surface area (Å²) in [6, 6.07) is 6.63. The van der Waals surface area contributed by atoms with Gasteiger partial charge in [-0.3, -0.25) is 9.78 Å². The molecule has 2 rings (SSSR count). The first-order chi connectivity index (χ1) is 11.3. The maximum atomic E-state index is 12.4. The molecule has 0 saturated carbocycles. The minimum Gasteiger partial charge on any atom is -0.337 e. The van der Waals surface area contributed by atoms with Gasteiger partial charge in [0.2, 0.25) is 15.9 Å². The summed E-state index contributed by atoms with van der Waals surface area (Å²) in [4.78, 5) is 18.9. The van der Waals surface area contributed by atoms with Crippen LogP contribution >= 0.6 is 22.9 Å². The highest BCUT2D eigenvalue weighted by Gasteiger charge is 2.25. The van der Waals surface area contributed by atoms with Gasteiger partial charge in [-0.2, -0.15) is 4.31 Å². The van der Waals surface area contributed by atoms with Gasteiger partial charge >= 0.3 is 0 Å².